The molecular weight excluding hydrogens is 198 g/mol. The van der Waals surface area contributed by atoms with Gasteiger partial charge in [0.25, 0.3) is 0 Å². The molecule has 0 aliphatic rings. The lowest BCUT2D eigenvalue weighted by Gasteiger charge is -1.96. The van der Waals surface area contributed by atoms with E-state index in [4.69, 9.17) is 11.6 Å². The van der Waals surface area contributed by atoms with Gasteiger partial charge in [-0.3, -0.25) is 4.68 Å². The summed E-state index contributed by atoms with van der Waals surface area (Å²) in [4.78, 5) is 0. The first-order valence-corrected chi connectivity index (χ1v) is 4.71. The van der Waals surface area contributed by atoms with Gasteiger partial charge in [0.2, 0.25) is 0 Å². The van der Waals surface area contributed by atoms with E-state index in [0.29, 0.717) is 0 Å². The molecule has 0 fully saturated rings. The standard InChI is InChI=1S/C10H10ClN3/c1-14-7-10(12-13-14)6-8-2-4-9(11)5-3-8/h2-5,7H,6H2,1H3. The molecule has 1 aromatic carbocycles. The van der Waals surface area contributed by atoms with Crippen LogP contribution in [0, 0.1) is 0 Å². The topological polar surface area (TPSA) is 30.7 Å². The molecule has 0 atom stereocenters. The van der Waals surface area contributed by atoms with Crippen LogP contribution in [0.1, 0.15) is 11.3 Å². The van der Waals surface area contributed by atoms with Crippen molar-refractivity contribution >= 4 is 11.6 Å². The lowest BCUT2D eigenvalue weighted by Crippen LogP contribution is -1.87. The van der Waals surface area contributed by atoms with Gasteiger partial charge in [-0.15, -0.1) is 5.10 Å². The molecule has 0 spiro atoms. The van der Waals surface area contributed by atoms with E-state index >= 15 is 0 Å². The Morgan fingerprint density at radius 2 is 2.00 bits per heavy atom. The summed E-state index contributed by atoms with van der Waals surface area (Å²) in [5, 5.41) is 8.64. The predicted octanol–water partition coefficient (Wildman–Crippen LogP) is 2.06. The van der Waals surface area contributed by atoms with E-state index in [1.54, 1.807) is 4.68 Å². The van der Waals surface area contributed by atoms with Gasteiger partial charge in [-0.05, 0) is 17.7 Å². The van der Waals surface area contributed by atoms with Crippen LogP contribution in [-0.2, 0) is 13.5 Å². The zero-order valence-corrected chi connectivity index (χ0v) is 8.57. The zero-order chi connectivity index (χ0) is 9.97. The average Bonchev–Trinajstić information content (AvgIpc) is 2.56. The second kappa shape index (κ2) is 3.80. The maximum absolute atomic E-state index is 5.79. The van der Waals surface area contributed by atoms with Gasteiger partial charge in [0, 0.05) is 24.7 Å². The van der Waals surface area contributed by atoms with Gasteiger partial charge in [0.1, 0.15) is 0 Å². The van der Waals surface area contributed by atoms with Crippen LogP contribution in [-0.4, -0.2) is 15.0 Å². The van der Waals surface area contributed by atoms with Crippen molar-refractivity contribution < 1.29 is 0 Å². The molecule has 3 nitrogen and oxygen atoms in total. The third-order valence-electron chi connectivity index (χ3n) is 1.95. The van der Waals surface area contributed by atoms with Crippen LogP contribution >= 0.6 is 11.6 Å². The van der Waals surface area contributed by atoms with E-state index in [0.717, 1.165) is 17.1 Å². The first kappa shape index (κ1) is 9.21. The highest BCUT2D eigenvalue weighted by molar-refractivity contribution is 6.30. The Labute approximate surface area is 87.3 Å². The van der Waals surface area contributed by atoms with E-state index in [9.17, 15) is 0 Å². The molecule has 0 radical (unpaired) electrons. The Morgan fingerprint density at radius 1 is 1.29 bits per heavy atom. The largest absolute Gasteiger partial charge is 0.255 e. The molecule has 0 bridgehead atoms. The SMILES string of the molecule is Cn1cc(Cc2ccc(Cl)cc2)nn1. The van der Waals surface area contributed by atoms with Gasteiger partial charge in [0.05, 0.1) is 5.69 Å². The third-order valence-corrected chi connectivity index (χ3v) is 2.20. The Bertz CT molecular complexity index is 419. The molecule has 0 amide bonds. The Morgan fingerprint density at radius 3 is 2.57 bits per heavy atom. The van der Waals surface area contributed by atoms with E-state index in [1.807, 2.05) is 37.5 Å². The monoisotopic (exact) mass is 207 g/mol. The number of rotatable bonds is 2. The number of hydrogen-bond donors (Lipinski definition) is 0. The van der Waals surface area contributed by atoms with Crippen molar-refractivity contribution in [3.05, 3.63) is 46.7 Å². The van der Waals surface area contributed by atoms with Crippen molar-refractivity contribution in [2.75, 3.05) is 0 Å². The van der Waals surface area contributed by atoms with Gasteiger partial charge < -0.3 is 0 Å². The van der Waals surface area contributed by atoms with E-state index in [1.165, 1.54) is 5.56 Å². The summed E-state index contributed by atoms with van der Waals surface area (Å²) in [6, 6.07) is 7.76. The molecule has 2 rings (SSSR count). The van der Waals surface area contributed by atoms with Crippen molar-refractivity contribution in [2.24, 2.45) is 7.05 Å². The highest BCUT2D eigenvalue weighted by Crippen LogP contribution is 2.11. The Balaban J connectivity index is 2.15. The number of aromatic nitrogens is 3. The van der Waals surface area contributed by atoms with Gasteiger partial charge in [0.15, 0.2) is 0 Å². The van der Waals surface area contributed by atoms with Crippen LogP contribution in [0.5, 0.6) is 0 Å². The highest BCUT2D eigenvalue weighted by Gasteiger charge is 1.99. The fourth-order valence-electron chi connectivity index (χ4n) is 1.29. The molecule has 0 unspecified atom stereocenters. The Hall–Kier alpha value is -1.35. The minimum atomic E-state index is 0.757. The maximum atomic E-state index is 5.79. The summed E-state index contributed by atoms with van der Waals surface area (Å²) in [5.74, 6) is 0. The molecule has 0 aliphatic heterocycles. The quantitative estimate of drug-likeness (QED) is 0.755. The van der Waals surface area contributed by atoms with E-state index in [-0.39, 0.29) is 0 Å². The van der Waals surface area contributed by atoms with Crippen LogP contribution in [0.25, 0.3) is 0 Å². The van der Waals surface area contributed by atoms with Crippen LogP contribution in [0.3, 0.4) is 0 Å². The second-order valence-electron chi connectivity index (χ2n) is 3.19. The van der Waals surface area contributed by atoms with E-state index < -0.39 is 0 Å². The zero-order valence-electron chi connectivity index (χ0n) is 7.81. The second-order valence-corrected chi connectivity index (χ2v) is 3.62. The lowest BCUT2D eigenvalue weighted by molar-refractivity contribution is 0.713. The summed E-state index contributed by atoms with van der Waals surface area (Å²) >= 11 is 5.79. The summed E-state index contributed by atoms with van der Waals surface area (Å²) in [6.45, 7) is 0. The summed E-state index contributed by atoms with van der Waals surface area (Å²) in [6.07, 6.45) is 2.71. The molecule has 1 heterocycles. The molecule has 1 aromatic heterocycles. The molecule has 2 aromatic rings. The molecule has 0 saturated carbocycles. The van der Waals surface area contributed by atoms with Crippen LogP contribution in [0.2, 0.25) is 5.02 Å². The number of aryl methyl sites for hydroxylation is 1. The average molecular weight is 208 g/mol. The molecular formula is C10H10ClN3. The van der Waals surface area contributed by atoms with Gasteiger partial charge >= 0.3 is 0 Å². The summed E-state index contributed by atoms with van der Waals surface area (Å²) < 4.78 is 1.70. The van der Waals surface area contributed by atoms with Crippen molar-refractivity contribution in [2.45, 2.75) is 6.42 Å². The maximum Gasteiger partial charge on any atom is 0.0870 e. The molecule has 0 saturated heterocycles. The predicted molar refractivity (Wildman–Crippen MR) is 55.3 cm³/mol. The molecule has 0 aliphatic carbocycles. The van der Waals surface area contributed by atoms with Gasteiger partial charge in [-0.1, -0.05) is 28.9 Å². The third kappa shape index (κ3) is 2.12. The molecule has 14 heavy (non-hydrogen) atoms. The minimum absolute atomic E-state index is 0.757. The van der Waals surface area contributed by atoms with Crippen LogP contribution in [0.15, 0.2) is 30.5 Å². The number of hydrogen-bond acceptors (Lipinski definition) is 2. The van der Waals surface area contributed by atoms with Gasteiger partial charge in [-0.25, -0.2) is 0 Å². The molecule has 0 N–H and O–H groups in total. The molecule has 4 heteroatoms. The highest BCUT2D eigenvalue weighted by atomic mass is 35.5. The van der Waals surface area contributed by atoms with Crippen LogP contribution in [0.4, 0.5) is 0 Å². The fourth-order valence-corrected chi connectivity index (χ4v) is 1.41. The van der Waals surface area contributed by atoms with Crippen molar-refractivity contribution in [1.82, 2.24) is 15.0 Å². The van der Waals surface area contributed by atoms with E-state index in [2.05, 4.69) is 10.3 Å². The first-order valence-electron chi connectivity index (χ1n) is 4.34. The summed E-state index contributed by atoms with van der Waals surface area (Å²) in [5.41, 5.74) is 2.16. The van der Waals surface area contributed by atoms with Crippen molar-refractivity contribution in [3.8, 4) is 0 Å². The van der Waals surface area contributed by atoms with Crippen LogP contribution < -0.4 is 0 Å². The first-order chi connectivity index (χ1) is 6.74. The summed E-state index contributed by atoms with van der Waals surface area (Å²) in [7, 11) is 1.86. The minimum Gasteiger partial charge on any atom is -0.255 e. The van der Waals surface area contributed by atoms with Crippen molar-refractivity contribution in [1.29, 1.82) is 0 Å². The fraction of sp³-hybridized carbons (Fsp3) is 0.200. The lowest BCUT2D eigenvalue weighted by atomic mass is 10.1. The van der Waals surface area contributed by atoms with Crippen molar-refractivity contribution in [3.63, 3.8) is 0 Å². The normalized spacial score (nSPS) is 10.4. The molecule has 72 valence electrons. The number of halogens is 1. The smallest absolute Gasteiger partial charge is 0.0870 e. The number of benzene rings is 1. The van der Waals surface area contributed by atoms with Gasteiger partial charge in [-0.2, -0.15) is 0 Å². The number of nitrogens with zero attached hydrogens (tertiary/aromatic N) is 3. The Kier molecular flexibility index (Phi) is 2.50.